The highest BCUT2D eigenvalue weighted by Gasteiger charge is 2.35. The monoisotopic (exact) mass is 390 g/mol. The Morgan fingerprint density at radius 2 is 1.41 bits per heavy atom. The van der Waals surface area contributed by atoms with Gasteiger partial charge < -0.3 is 4.74 Å². The van der Waals surface area contributed by atoms with E-state index in [1.54, 1.807) is 5.56 Å². The molecule has 2 aliphatic carbocycles. The van der Waals surface area contributed by atoms with Gasteiger partial charge in [-0.2, -0.15) is 0 Å². The fraction of sp³-hybridized carbons (Fsp3) is 0.571. The first-order valence-electron chi connectivity index (χ1n) is 12.1. The molecule has 2 aliphatic rings. The van der Waals surface area contributed by atoms with Gasteiger partial charge in [-0.3, -0.25) is 0 Å². The van der Waals surface area contributed by atoms with Gasteiger partial charge in [0.25, 0.3) is 0 Å². The van der Waals surface area contributed by atoms with E-state index in [1.807, 2.05) is 6.92 Å². The van der Waals surface area contributed by atoms with Gasteiger partial charge >= 0.3 is 0 Å². The molecule has 2 aromatic rings. The number of fused-ring (bicyclic) bond motifs is 1. The Balaban J connectivity index is 1.35. The first-order valence-corrected chi connectivity index (χ1v) is 12.1. The maximum atomic E-state index is 5.56. The summed E-state index contributed by atoms with van der Waals surface area (Å²) in [5, 5.41) is 0. The van der Waals surface area contributed by atoms with Crippen molar-refractivity contribution in [2.45, 2.75) is 77.6 Å². The average molecular weight is 391 g/mol. The van der Waals surface area contributed by atoms with Crippen LogP contribution < -0.4 is 4.74 Å². The molecule has 0 saturated heterocycles. The Bertz CT molecular complexity index is 745. The van der Waals surface area contributed by atoms with E-state index >= 15 is 0 Å². The lowest BCUT2D eigenvalue weighted by Gasteiger charge is -2.42. The summed E-state index contributed by atoms with van der Waals surface area (Å²) in [6.45, 7) is 5.08. The second kappa shape index (κ2) is 9.83. The van der Waals surface area contributed by atoms with E-state index in [0.29, 0.717) is 0 Å². The van der Waals surface area contributed by atoms with Crippen LogP contribution in [0.5, 0.6) is 5.75 Å². The zero-order chi connectivity index (χ0) is 20.1. The maximum absolute atomic E-state index is 5.56. The largest absolute Gasteiger partial charge is 0.494 e. The highest BCUT2D eigenvalue weighted by molar-refractivity contribution is 5.64. The average Bonchev–Trinajstić information content (AvgIpc) is 2.78. The van der Waals surface area contributed by atoms with Gasteiger partial charge in [0.05, 0.1) is 6.61 Å². The smallest absolute Gasteiger partial charge is 0.119 e. The lowest BCUT2D eigenvalue weighted by atomic mass is 9.63. The van der Waals surface area contributed by atoms with Gasteiger partial charge in [0, 0.05) is 0 Å². The van der Waals surface area contributed by atoms with E-state index in [4.69, 9.17) is 4.74 Å². The highest BCUT2D eigenvalue weighted by atomic mass is 16.5. The molecule has 1 unspecified atom stereocenters. The van der Waals surface area contributed by atoms with Crippen LogP contribution in [0.4, 0.5) is 0 Å². The molecule has 4 atom stereocenters. The van der Waals surface area contributed by atoms with Crippen molar-refractivity contribution < 1.29 is 4.74 Å². The zero-order valence-corrected chi connectivity index (χ0v) is 18.4. The molecule has 4 rings (SSSR count). The minimum absolute atomic E-state index is 0.719. The van der Waals surface area contributed by atoms with E-state index in [1.165, 1.54) is 68.9 Å². The van der Waals surface area contributed by atoms with Gasteiger partial charge in [-0.15, -0.1) is 0 Å². The normalized spacial score (nSPS) is 26.7. The van der Waals surface area contributed by atoms with Crippen LogP contribution in [0.2, 0.25) is 0 Å². The van der Waals surface area contributed by atoms with Crippen LogP contribution in [0.25, 0.3) is 11.1 Å². The molecule has 0 amide bonds. The van der Waals surface area contributed by atoms with E-state index in [2.05, 4.69) is 55.5 Å². The van der Waals surface area contributed by atoms with Gasteiger partial charge in [0.1, 0.15) is 5.75 Å². The number of unbranched alkanes of at least 4 members (excludes halogenated alkanes) is 1. The van der Waals surface area contributed by atoms with Crippen molar-refractivity contribution in [3.63, 3.8) is 0 Å². The number of benzene rings is 2. The molecule has 2 saturated carbocycles. The van der Waals surface area contributed by atoms with Crippen LogP contribution in [0.15, 0.2) is 48.5 Å². The number of hydrogen-bond donors (Lipinski definition) is 0. The molecule has 0 spiro atoms. The molecule has 0 heterocycles. The summed E-state index contributed by atoms with van der Waals surface area (Å²) in [5.41, 5.74) is 4.14. The lowest BCUT2D eigenvalue weighted by Crippen LogP contribution is -2.30. The van der Waals surface area contributed by atoms with Gasteiger partial charge in [-0.05, 0) is 91.5 Å². The molecule has 29 heavy (non-hydrogen) atoms. The summed E-state index contributed by atoms with van der Waals surface area (Å²) >= 11 is 0. The Morgan fingerprint density at radius 1 is 0.759 bits per heavy atom. The van der Waals surface area contributed by atoms with Crippen LogP contribution in [0, 0.1) is 17.8 Å². The van der Waals surface area contributed by atoms with Crippen LogP contribution in [-0.4, -0.2) is 6.61 Å². The molecule has 0 bridgehead atoms. The topological polar surface area (TPSA) is 9.23 Å². The van der Waals surface area contributed by atoms with E-state index < -0.39 is 0 Å². The van der Waals surface area contributed by atoms with Crippen molar-refractivity contribution in [1.29, 1.82) is 0 Å². The van der Waals surface area contributed by atoms with Crippen LogP contribution >= 0.6 is 0 Å². The lowest BCUT2D eigenvalue weighted by molar-refractivity contribution is 0.113. The Morgan fingerprint density at radius 3 is 2.10 bits per heavy atom. The Kier molecular flexibility index (Phi) is 6.95. The third-order valence-electron chi connectivity index (χ3n) is 7.57. The molecule has 1 nitrogen and oxygen atoms in total. The molecule has 2 aromatic carbocycles. The second-order valence-corrected chi connectivity index (χ2v) is 9.43. The maximum Gasteiger partial charge on any atom is 0.119 e. The third kappa shape index (κ3) is 5.05. The van der Waals surface area contributed by atoms with Crippen LogP contribution in [0.1, 0.15) is 83.1 Å². The zero-order valence-electron chi connectivity index (χ0n) is 18.4. The summed E-state index contributed by atoms with van der Waals surface area (Å²) in [4.78, 5) is 0. The summed E-state index contributed by atoms with van der Waals surface area (Å²) < 4.78 is 5.56. The molecular weight excluding hydrogens is 352 g/mol. The van der Waals surface area contributed by atoms with Crippen LogP contribution in [-0.2, 0) is 0 Å². The molecule has 0 N–H and O–H groups in total. The van der Waals surface area contributed by atoms with Crippen molar-refractivity contribution in [1.82, 2.24) is 0 Å². The minimum Gasteiger partial charge on any atom is -0.494 e. The Hall–Kier alpha value is -1.76. The first kappa shape index (κ1) is 20.5. The van der Waals surface area contributed by atoms with Gasteiger partial charge in [-0.1, -0.05) is 69.0 Å². The fourth-order valence-electron chi connectivity index (χ4n) is 5.90. The van der Waals surface area contributed by atoms with Crippen LogP contribution in [0.3, 0.4) is 0 Å². The van der Waals surface area contributed by atoms with Crippen molar-refractivity contribution >= 4 is 0 Å². The molecule has 2 fully saturated rings. The van der Waals surface area contributed by atoms with Crippen molar-refractivity contribution in [2.24, 2.45) is 17.8 Å². The van der Waals surface area contributed by atoms with Crippen molar-refractivity contribution in [3.05, 3.63) is 54.1 Å². The molecule has 0 aromatic heterocycles. The summed E-state index contributed by atoms with van der Waals surface area (Å²) in [6, 6.07) is 17.9. The molecule has 1 heteroatoms. The van der Waals surface area contributed by atoms with Crippen molar-refractivity contribution in [2.75, 3.05) is 6.61 Å². The highest BCUT2D eigenvalue weighted by Crippen LogP contribution is 2.48. The summed E-state index contributed by atoms with van der Waals surface area (Å²) in [5.74, 6) is 4.76. The molecular formula is C28H38O. The quantitative estimate of drug-likeness (QED) is 0.462. The summed E-state index contributed by atoms with van der Waals surface area (Å²) in [7, 11) is 0. The Labute approximate surface area is 177 Å². The second-order valence-electron chi connectivity index (χ2n) is 9.43. The van der Waals surface area contributed by atoms with Gasteiger partial charge in [-0.25, -0.2) is 0 Å². The van der Waals surface area contributed by atoms with Crippen molar-refractivity contribution in [3.8, 4) is 16.9 Å². The predicted molar refractivity (Wildman–Crippen MR) is 123 cm³/mol. The third-order valence-corrected chi connectivity index (χ3v) is 7.57. The molecule has 0 radical (unpaired) electrons. The molecule has 156 valence electrons. The number of hydrogen-bond acceptors (Lipinski definition) is 1. The molecule has 0 aliphatic heterocycles. The standard InChI is InChI=1S/C28H38O/c1-3-5-6-21-7-8-27-20-26(14-13-25(27)19-21)24-11-9-22(10-12-24)23-15-17-28(18-16-23)29-4-2/h9-12,15-18,21,25-27H,3-8,13-14,19-20H2,1-2H3/t21?,25-,26-,27-/m1/s1. The fourth-order valence-corrected chi connectivity index (χ4v) is 5.90. The van der Waals surface area contributed by atoms with E-state index in [9.17, 15) is 0 Å². The first-order chi connectivity index (χ1) is 14.3. The predicted octanol–water partition coefficient (Wildman–Crippen LogP) is 8.24. The van der Waals surface area contributed by atoms with Gasteiger partial charge in [0.15, 0.2) is 0 Å². The SMILES string of the molecule is CCCCC1CC[C@@H]2C[C@H](c3ccc(-c4ccc(OCC)cc4)cc3)CC[C@@H]2C1. The number of rotatable bonds is 7. The number of ether oxygens (including phenoxy) is 1. The minimum atomic E-state index is 0.719. The summed E-state index contributed by atoms with van der Waals surface area (Å²) in [6.07, 6.45) is 13.1. The van der Waals surface area contributed by atoms with E-state index in [-0.39, 0.29) is 0 Å². The van der Waals surface area contributed by atoms with E-state index in [0.717, 1.165) is 36.0 Å². The van der Waals surface area contributed by atoms with Gasteiger partial charge in [0.2, 0.25) is 0 Å².